The zero-order chi connectivity index (χ0) is 11.1. The van der Waals surface area contributed by atoms with Gasteiger partial charge in [-0.25, -0.2) is 8.78 Å². The quantitative estimate of drug-likeness (QED) is 0.752. The first kappa shape index (κ1) is 10.4. The lowest BCUT2D eigenvalue weighted by Crippen LogP contribution is -2.35. The zero-order valence-corrected chi connectivity index (χ0v) is 8.21. The van der Waals surface area contributed by atoms with Crippen molar-refractivity contribution in [2.75, 3.05) is 0 Å². The third kappa shape index (κ3) is 1.81. The SMILES string of the molecule is NC1(c2ccccc2O)CCC(F)(F)C1. The minimum Gasteiger partial charge on any atom is -0.508 e. The number of hydrogen-bond acceptors (Lipinski definition) is 2. The van der Waals surface area contributed by atoms with Crippen LogP contribution in [0.15, 0.2) is 24.3 Å². The fourth-order valence-corrected chi connectivity index (χ4v) is 2.17. The third-order valence-electron chi connectivity index (χ3n) is 2.95. The highest BCUT2D eigenvalue weighted by molar-refractivity contribution is 5.38. The number of rotatable bonds is 1. The summed E-state index contributed by atoms with van der Waals surface area (Å²) in [4.78, 5) is 0. The second-order valence-corrected chi connectivity index (χ2v) is 4.21. The number of phenols is 1. The van der Waals surface area contributed by atoms with E-state index in [0.29, 0.717) is 5.56 Å². The summed E-state index contributed by atoms with van der Waals surface area (Å²) in [6, 6.07) is 6.42. The van der Waals surface area contributed by atoms with Crippen LogP contribution in [0, 0.1) is 0 Å². The Morgan fingerprint density at radius 1 is 1.20 bits per heavy atom. The third-order valence-corrected chi connectivity index (χ3v) is 2.95. The molecule has 82 valence electrons. The first-order chi connectivity index (χ1) is 6.93. The summed E-state index contributed by atoms with van der Waals surface area (Å²) in [5.41, 5.74) is 5.25. The summed E-state index contributed by atoms with van der Waals surface area (Å²) in [5.74, 6) is -2.71. The molecule has 1 unspecified atom stereocenters. The van der Waals surface area contributed by atoms with Crippen LogP contribution in [-0.2, 0) is 5.54 Å². The van der Waals surface area contributed by atoms with Gasteiger partial charge in [0.2, 0.25) is 5.92 Å². The molecular formula is C11H13F2NO. The molecule has 1 aliphatic rings. The van der Waals surface area contributed by atoms with Crippen molar-refractivity contribution in [2.45, 2.75) is 30.7 Å². The van der Waals surface area contributed by atoms with Crippen LogP contribution in [0.4, 0.5) is 8.78 Å². The predicted octanol–water partition coefficient (Wildman–Crippen LogP) is 2.37. The van der Waals surface area contributed by atoms with Gasteiger partial charge in [-0.05, 0) is 12.5 Å². The van der Waals surface area contributed by atoms with Gasteiger partial charge in [-0.2, -0.15) is 0 Å². The molecule has 1 fully saturated rings. The molecule has 0 bridgehead atoms. The van der Waals surface area contributed by atoms with Crippen molar-refractivity contribution >= 4 is 0 Å². The van der Waals surface area contributed by atoms with E-state index in [-0.39, 0.29) is 18.6 Å². The van der Waals surface area contributed by atoms with Crippen LogP contribution in [0.5, 0.6) is 5.75 Å². The van der Waals surface area contributed by atoms with Crippen molar-refractivity contribution in [3.8, 4) is 5.75 Å². The lowest BCUT2D eigenvalue weighted by atomic mass is 9.88. The normalized spacial score (nSPS) is 29.3. The van der Waals surface area contributed by atoms with Crippen LogP contribution in [0.1, 0.15) is 24.8 Å². The fourth-order valence-electron chi connectivity index (χ4n) is 2.17. The molecule has 15 heavy (non-hydrogen) atoms. The fraction of sp³-hybridized carbons (Fsp3) is 0.455. The van der Waals surface area contributed by atoms with Gasteiger partial charge in [0.15, 0.2) is 0 Å². The van der Waals surface area contributed by atoms with Crippen molar-refractivity contribution in [3.63, 3.8) is 0 Å². The molecule has 1 saturated carbocycles. The van der Waals surface area contributed by atoms with Gasteiger partial charge in [-0.15, -0.1) is 0 Å². The molecule has 0 spiro atoms. The largest absolute Gasteiger partial charge is 0.508 e. The van der Waals surface area contributed by atoms with Gasteiger partial charge >= 0.3 is 0 Å². The minimum absolute atomic E-state index is 0.00213. The van der Waals surface area contributed by atoms with Gasteiger partial charge in [0.1, 0.15) is 5.75 Å². The molecule has 1 aromatic rings. The number of hydrogen-bond donors (Lipinski definition) is 2. The Balaban J connectivity index is 2.36. The number of phenolic OH excluding ortho intramolecular Hbond substituents is 1. The standard InChI is InChI=1S/C11H13F2NO/c12-11(13)6-5-10(14,7-11)8-3-1-2-4-9(8)15/h1-4,15H,5-7,14H2. The van der Waals surface area contributed by atoms with Gasteiger partial charge in [-0.1, -0.05) is 18.2 Å². The maximum Gasteiger partial charge on any atom is 0.250 e. The van der Waals surface area contributed by atoms with Gasteiger partial charge in [0, 0.05) is 18.4 Å². The van der Waals surface area contributed by atoms with E-state index in [2.05, 4.69) is 0 Å². The lowest BCUT2D eigenvalue weighted by molar-refractivity contribution is 0.00283. The summed E-state index contributed by atoms with van der Waals surface area (Å²) < 4.78 is 26.2. The second kappa shape index (κ2) is 3.17. The molecule has 0 saturated heterocycles. The van der Waals surface area contributed by atoms with E-state index < -0.39 is 17.9 Å². The molecule has 1 atom stereocenters. The Hall–Kier alpha value is -1.16. The molecule has 2 rings (SSSR count). The molecule has 2 nitrogen and oxygen atoms in total. The highest BCUT2D eigenvalue weighted by Gasteiger charge is 2.48. The van der Waals surface area contributed by atoms with Crippen molar-refractivity contribution in [1.29, 1.82) is 0 Å². The number of para-hydroxylation sites is 1. The van der Waals surface area contributed by atoms with Crippen LogP contribution >= 0.6 is 0 Å². The molecule has 0 heterocycles. The average Bonchev–Trinajstić information content (AvgIpc) is 2.42. The Kier molecular flexibility index (Phi) is 2.19. The number of halogens is 2. The Morgan fingerprint density at radius 3 is 2.40 bits per heavy atom. The molecule has 0 aromatic heterocycles. The molecule has 1 aliphatic carbocycles. The Morgan fingerprint density at radius 2 is 1.87 bits per heavy atom. The summed E-state index contributed by atoms with van der Waals surface area (Å²) >= 11 is 0. The molecule has 1 aromatic carbocycles. The molecule has 3 N–H and O–H groups in total. The van der Waals surface area contributed by atoms with E-state index in [1.807, 2.05) is 0 Å². The van der Waals surface area contributed by atoms with E-state index in [9.17, 15) is 13.9 Å². The summed E-state index contributed by atoms with van der Waals surface area (Å²) in [6.07, 6.45) is -0.396. The van der Waals surface area contributed by atoms with Crippen molar-refractivity contribution in [2.24, 2.45) is 5.73 Å². The molecule has 0 amide bonds. The van der Waals surface area contributed by atoms with E-state index >= 15 is 0 Å². The van der Waals surface area contributed by atoms with Crippen LogP contribution < -0.4 is 5.73 Å². The van der Waals surface area contributed by atoms with E-state index in [0.717, 1.165) is 0 Å². The highest BCUT2D eigenvalue weighted by atomic mass is 19.3. The Bertz CT molecular complexity index is 381. The number of alkyl halides is 2. The van der Waals surface area contributed by atoms with E-state index in [1.165, 1.54) is 6.07 Å². The zero-order valence-electron chi connectivity index (χ0n) is 8.21. The van der Waals surface area contributed by atoms with Crippen LogP contribution in [0.2, 0.25) is 0 Å². The summed E-state index contributed by atoms with van der Waals surface area (Å²) in [7, 11) is 0. The lowest BCUT2D eigenvalue weighted by Gasteiger charge is -2.25. The first-order valence-corrected chi connectivity index (χ1v) is 4.88. The van der Waals surface area contributed by atoms with Gasteiger partial charge in [0.05, 0.1) is 5.54 Å². The van der Waals surface area contributed by atoms with Gasteiger partial charge in [-0.3, -0.25) is 0 Å². The van der Waals surface area contributed by atoms with E-state index in [4.69, 9.17) is 5.73 Å². The van der Waals surface area contributed by atoms with Crippen molar-refractivity contribution in [3.05, 3.63) is 29.8 Å². The molecule has 4 heteroatoms. The smallest absolute Gasteiger partial charge is 0.250 e. The number of aromatic hydroxyl groups is 1. The van der Waals surface area contributed by atoms with Crippen LogP contribution in [0.25, 0.3) is 0 Å². The number of benzene rings is 1. The topological polar surface area (TPSA) is 46.2 Å². The predicted molar refractivity (Wildman–Crippen MR) is 52.8 cm³/mol. The molecule has 0 aliphatic heterocycles. The monoisotopic (exact) mass is 213 g/mol. The summed E-state index contributed by atoms with van der Waals surface area (Å²) in [6.45, 7) is 0. The Labute approximate surface area is 86.7 Å². The van der Waals surface area contributed by atoms with Crippen LogP contribution in [-0.4, -0.2) is 11.0 Å². The van der Waals surface area contributed by atoms with Crippen molar-refractivity contribution in [1.82, 2.24) is 0 Å². The molecule has 0 radical (unpaired) electrons. The number of nitrogens with two attached hydrogens (primary N) is 1. The van der Waals surface area contributed by atoms with Crippen LogP contribution in [0.3, 0.4) is 0 Å². The maximum absolute atomic E-state index is 13.1. The minimum atomic E-state index is -2.71. The highest BCUT2D eigenvalue weighted by Crippen LogP contribution is 2.47. The molecular weight excluding hydrogens is 200 g/mol. The average molecular weight is 213 g/mol. The maximum atomic E-state index is 13.1. The van der Waals surface area contributed by atoms with Gasteiger partial charge < -0.3 is 10.8 Å². The summed E-state index contributed by atoms with van der Waals surface area (Å²) in [5, 5.41) is 9.58. The van der Waals surface area contributed by atoms with E-state index in [1.54, 1.807) is 18.2 Å². The second-order valence-electron chi connectivity index (χ2n) is 4.21. The first-order valence-electron chi connectivity index (χ1n) is 4.88. The van der Waals surface area contributed by atoms with Gasteiger partial charge in [0.25, 0.3) is 0 Å². The van der Waals surface area contributed by atoms with Crippen molar-refractivity contribution < 1.29 is 13.9 Å².